The van der Waals surface area contributed by atoms with Crippen LogP contribution in [0.25, 0.3) is 0 Å². The molecule has 1 N–H and O–H groups in total. The number of esters is 1. The zero-order valence-corrected chi connectivity index (χ0v) is 10.6. The molecule has 16 heavy (non-hydrogen) atoms. The number of aliphatic carboxylic acids is 1. The minimum absolute atomic E-state index is 0.0172. The van der Waals surface area contributed by atoms with Crippen molar-refractivity contribution >= 4 is 27.9 Å². The third-order valence-electron chi connectivity index (χ3n) is 4.70. The monoisotopic (exact) mass is 288 g/mol. The summed E-state index contributed by atoms with van der Waals surface area (Å²) in [6.45, 7) is 4.10. The van der Waals surface area contributed by atoms with E-state index >= 15 is 0 Å². The van der Waals surface area contributed by atoms with Crippen molar-refractivity contribution < 1.29 is 19.4 Å². The number of hydrogen-bond acceptors (Lipinski definition) is 3. The third-order valence-corrected chi connectivity index (χ3v) is 5.79. The fourth-order valence-electron chi connectivity index (χ4n) is 4.18. The lowest BCUT2D eigenvalue weighted by molar-refractivity contribution is -0.151. The van der Waals surface area contributed by atoms with E-state index in [0.29, 0.717) is 0 Å². The second-order valence-corrected chi connectivity index (χ2v) is 6.67. The van der Waals surface area contributed by atoms with Crippen LogP contribution < -0.4 is 0 Å². The van der Waals surface area contributed by atoms with Gasteiger partial charge in [-0.15, -0.1) is 0 Å². The molecule has 2 bridgehead atoms. The Kier molecular flexibility index (Phi) is 1.85. The van der Waals surface area contributed by atoms with E-state index < -0.39 is 17.8 Å². The summed E-state index contributed by atoms with van der Waals surface area (Å²) in [6, 6.07) is 0. The average molecular weight is 289 g/mol. The average Bonchev–Trinajstić information content (AvgIpc) is 2.64. The Balaban J connectivity index is 2.14. The Morgan fingerprint density at radius 2 is 2.06 bits per heavy atom. The first-order valence-corrected chi connectivity index (χ1v) is 6.36. The van der Waals surface area contributed by atoms with Gasteiger partial charge in [0.25, 0.3) is 0 Å². The minimum atomic E-state index is -0.868. The summed E-state index contributed by atoms with van der Waals surface area (Å²) in [5.74, 6) is -2.17. The Morgan fingerprint density at radius 1 is 1.44 bits per heavy atom. The maximum Gasteiger partial charge on any atom is 0.310 e. The predicted molar refractivity (Wildman–Crippen MR) is 58.0 cm³/mol. The van der Waals surface area contributed by atoms with Gasteiger partial charge in [0.2, 0.25) is 0 Å². The molecule has 1 aliphatic heterocycles. The van der Waals surface area contributed by atoms with E-state index in [1.165, 1.54) is 0 Å². The zero-order valence-electron chi connectivity index (χ0n) is 9.01. The molecular formula is C11H13BrO4. The summed E-state index contributed by atoms with van der Waals surface area (Å²) in [5.41, 5.74) is -0.140. The number of alkyl halides is 1. The third kappa shape index (κ3) is 0.921. The summed E-state index contributed by atoms with van der Waals surface area (Å²) >= 11 is 3.52. The number of fused-ring (bicyclic) bond motifs is 1. The maximum atomic E-state index is 11.7. The van der Waals surface area contributed by atoms with Gasteiger partial charge < -0.3 is 9.84 Å². The normalized spacial score (nSPS) is 51.8. The number of halogens is 1. The molecule has 0 radical (unpaired) electrons. The Hall–Kier alpha value is -0.580. The molecule has 1 heterocycles. The van der Waals surface area contributed by atoms with Gasteiger partial charge in [-0.05, 0) is 11.3 Å². The molecule has 3 fully saturated rings. The molecule has 6 unspecified atom stereocenters. The number of carboxylic acid groups (broad SMARTS) is 1. The smallest absolute Gasteiger partial charge is 0.310 e. The number of hydrogen-bond donors (Lipinski definition) is 1. The Bertz CT molecular complexity index is 391. The van der Waals surface area contributed by atoms with E-state index in [2.05, 4.69) is 29.8 Å². The molecule has 0 amide bonds. The summed E-state index contributed by atoms with van der Waals surface area (Å²) in [4.78, 5) is 23.0. The lowest BCUT2D eigenvalue weighted by Crippen LogP contribution is -2.38. The lowest BCUT2D eigenvalue weighted by atomic mass is 9.80. The van der Waals surface area contributed by atoms with E-state index in [1.54, 1.807) is 0 Å². The predicted octanol–water partition coefficient (Wildman–Crippen LogP) is 1.28. The van der Waals surface area contributed by atoms with Crippen LogP contribution in [-0.2, 0) is 14.3 Å². The van der Waals surface area contributed by atoms with Crippen LogP contribution in [0.3, 0.4) is 0 Å². The molecule has 0 aromatic rings. The SMILES string of the molecule is CC1(C)C2C(Br)C3OC(=O)C(C2C(=O)O)C31. The van der Waals surface area contributed by atoms with E-state index in [0.717, 1.165) is 0 Å². The molecule has 2 aliphatic carbocycles. The van der Waals surface area contributed by atoms with Crippen molar-refractivity contribution in [3.8, 4) is 0 Å². The van der Waals surface area contributed by atoms with Crippen molar-refractivity contribution in [2.75, 3.05) is 0 Å². The van der Waals surface area contributed by atoms with Gasteiger partial charge in [0.1, 0.15) is 6.10 Å². The van der Waals surface area contributed by atoms with Crippen molar-refractivity contribution in [3.05, 3.63) is 0 Å². The fourth-order valence-corrected chi connectivity index (χ4v) is 5.63. The molecule has 3 aliphatic rings. The number of ether oxygens (including phenoxy) is 1. The molecule has 6 atom stereocenters. The van der Waals surface area contributed by atoms with Gasteiger partial charge in [-0.3, -0.25) is 9.59 Å². The largest absolute Gasteiger partial charge is 0.481 e. The number of carbonyl (C=O) groups is 2. The van der Waals surface area contributed by atoms with Gasteiger partial charge in [0.05, 0.1) is 16.7 Å². The van der Waals surface area contributed by atoms with Gasteiger partial charge in [0, 0.05) is 5.92 Å². The highest BCUT2D eigenvalue weighted by atomic mass is 79.9. The van der Waals surface area contributed by atoms with Crippen LogP contribution in [-0.4, -0.2) is 28.0 Å². The van der Waals surface area contributed by atoms with Crippen molar-refractivity contribution in [3.63, 3.8) is 0 Å². The second-order valence-electron chi connectivity index (χ2n) is 5.61. The molecule has 0 aromatic carbocycles. The molecule has 88 valence electrons. The van der Waals surface area contributed by atoms with Crippen LogP contribution in [0.4, 0.5) is 0 Å². The first kappa shape index (κ1) is 10.6. The quantitative estimate of drug-likeness (QED) is 0.583. The summed E-state index contributed by atoms with van der Waals surface area (Å²) < 4.78 is 5.32. The van der Waals surface area contributed by atoms with Crippen molar-refractivity contribution in [2.45, 2.75) is 24.8 Å². The van der Waals surface area contributed by atoms with E-state index in [1.807, 2.05) is 0 Å². The van der Waals surface area contributed by atoms with Gasteiger partial charge in [-0.2, -0.15) is 0 Å². The van der Waals surface area contributed by atoms with Crippen LogP contribution in [0, 0.1) is 29.1 Å². The summed E-state index contributed by atoms with van der Waals surface area (Å²) in [6.07, 6.45) is -0.131. The molecule has 5 heteroatoms. The molecule has 4 nitrogen and oxygen atoms in total. The maximum absolute atomic E-state index is 11.7. The highest BCUT2D eigenvalue weighted by Crippen LogP contribution is 2.68. The van der Waals surface area contributed by atoms with Gasteiger partial charge in [-0.1, -0.05) is 29.8 Å². The topological polar surface area (TPSA) is 63.6 Å². The van der Waals surface area contributed by atoms with Crippen LogP contribution in [0.5, 0.6) is 0 Å². The van der Waals surface area contributed by atoms with Crippen LogP contribution in [0.1, 0.15) is 13.8 Å². The molecule has 1 saturated heterocycles. The van der Waals surface area contributed by atoms with Crippen LogP contribution in [0.2, 0.25) is 0 Å². The number of carbonyl (C=O) groups excluding carboxylic acids is 1. The van der Waals surface area contributed by atoms with Crippen molar-refractivity contribution in [1.29, 1.82) is 0 Å². The second kappa shape index (κ2) is 2.81. The first-order valence-electron chi connectivity index (χ1n) is 5.44. The fraction of sp³-hybridized carbons (Fsp3) is 0.818. The molecule has 0 aromatic heterocycles. The van der Waals surface area contributed by atoms with Gasteiger partial charge in [-0.25, -0.2) is 0 Å². The van der Waals surface area contributed by atoms with Gasteiger partial charge in [0.15, 0.2) is 0 Å². The molecule has 0 spiro atoms. The summed E-state index contributed by atoms with van der Waals surface area (Å²) in [5, 5.41) is 9.29. The van der Waals surface area contributed by atoms with E-state index in [-0.39, 0.29) is 34.2 Å². The van der Waals surface area contributed by atoms with Gasteiger partial charge >= 0.3 is 11.9 Å². The van der Waals surface area contributed by atoms with E-state index in [4.69, 9.17) is 4.74 Å². The number of rotatable bonds is 1. The molecule has 3 rings (SSSR count). The Morgan fingerprint density at radius 3 is 2.62 bits per heavy atom. The highest BCUT2D eigenvalue weighted by Gasteiger charge is 2.75. The standard InChI is InChI=1S/C11H13BrO4/c1-11(2)5-3(9(13)14)4-6(11)8(7(5)12)16-10(4)15/h3-8H,1-2H3,(H,13,14). The van der Waals surface area contributed by atoms with Crippen LogP contribution in [0.15, 0.2) is 0 Å². The lowest BCUT2D eigenvalue weighted by Gasteiger charge is -2.26. The zero-order chi connectivity index (χ0) is 11.8. The first-order chi connectivity index (χ1) is 7.37. The number of carboxylic acids is 1. The molecule has 2 saturated carbocycles. The minimum Gasteiger partial charge on any atom is -0.481 e. The van der Waals surface area contributed by atoms with Crippen LogP contribution >= 0.6 is 15.9 Å². The summed E-state index contributed by atoms with van der Waals surface area (Å²) in [7, 11) is 0. The van der Waals surface area contributed by atoms with Crippen molar-refractivity contribution in [2.24, 2.45) is 29.1 Å². The highest BCUT2D eigenvalue weighted by molar-refractivity contribution is 9.09. The van der Waals surface area contributed by atoms with E-state index in [9.17, 15) is 14.7 Å². The Labute approximate surface area is 101 Å². The molecular weight excluding hydrogens is 276 g/mol. The van der Waals surface area contributed by atoms with Crippen molar-refractivity contribution in [1.82, 2.24) is 0 Å².